The zero-order valence-electron chi connectivity index (χ0n) is 6.87. The van der Waals surface area contributed by atoms with Crippen LogP contribution < -0.4 is 5.36 Å². The Balaban J connectivity index is 2.43. The molecule has 1 rings (SSSR count). The van der Waals surface area contributed by atoms with E-state index >= 15 is 0 Å². The van der Waals surface area contributed by atoms with Gasteiger partial charge in [-0.05, 0) is 18.6 Å². The Hall–Kier alpha value is -1.12. The van der Waals surface area contributed by atoms with Crippen molar-refractivity contribution in [3.63, 3.8) is 0 Å². The van der Waals surface area contributed by atoms with E-state index in [1.807, 2.05) is 13.0 Å². The van der Waals surface area contributed by atoms with Crippen LogP contribution in [-0.4, -0.2) is 24.9 Å². The van der Waals surface area contributed by atoms with Gasteiger partial charge in [-0.1, -0.05) is 0 Å². The molecule has 60 valence electrons. The first-order valence-corrected chi connectivity index (χ1v) is 3.69. The molecule has 3 nitrogen and oxygen atoms in total. The van der Waals surface area contributed by atoms with Gasteiger partial charge in [0.15, 0.2) is 0 Å². The third kappa shape index (κ3) is 1.90. The van der Waals surface area contributed by atoms with E-state index < -0.39 is 0 Å². The number of hydrogen-bond donors (Lipinski definition) is 0. The second-order valence-electron chi connectivity index (χ2n) is 2.45. The quantitative estimate of drug-likeness (QED) is 0.562. The number of rotatable bonds is 4. The van der Waals surface area contributed by atoms with E-state index in [0.717, 1.165) is 18.3 Å². The summed E-state index contributed by atoms with van der Waals surface area (Å²) in [7, 11) is 1.76. The molecule has 11 heavy (non-hydrogen) atoms. The summed E-state index contributed by atoms with van der Waals surface area (Å²) in [6.45, 7) is 3.44. The highest BCUT2D eigenvalue weighted by Gasteiger charge is 2.08. The number of nitrogens with zero attached hydrogens (tertiary/aromatic N) is 2. The molecule has 0 bridgehead atoms. The van der Waals surface area contributed by atoms with Crippen LogP contribution in [0.4, 0.5) is 0 Å². The van der Waals surface area contributed by atoms with Gasteiger partial charge in [0.25, 0.3) is 0 Å². The molecule has 1 aromatic rings. The molecule has 0 radical (unpaired) electrons. The highest BCUT2D eigenvalue weighted by Crippen LogP contribution is 2.00. The molecule has 0 saturated heterocycles. The first kappa shape index (κ1) is 7.98. The van der Waals surface area contributed by atoms with Gasteiger partial charge < -0.3 is 4.90 Å². The van der Waals surface area contributed by atoms with Gasteiger partial charge in [0, 0.05) is 20.1 Å². The molecule has 0 heterocycles. The third-order valence-corrected chi connectivity index (χ3v) is 1.73. The first-order valence-electron chi connectivity index (χ1n) is 3.69. The fraction of sp³-hybridized carbons (Fsp3) is 0.500. The van der Waals surface area contributed by atoms with Crippen molar-refractivity contribution in [2.45, 2.75) is 13.5 Å². The van der Waals surface area contributed by atoms with Crippen LogP contribution in [-0.2, 0) is 11.3 Å². The van der Waals surface area contributed by atoms with Gasteiger partial charge in [0.1, 0.15) is 0 Å². The van der Waals surface area contributed by atoms with Crippen molar-refractivity contribution in [2.24, 2.45) is 4.99 Å². The van der Waals surface area contributed by atoms with Crippen molar-refractivity contribution in [3.8, 4) is 0 Å². The van der Waals surface area contributed by atoms with Gasteiger partial charge in [-0.25, -0.2) is 0 Å². The summed E-state index contributed by atoms with van der Waals surface area (Å²) in [6, 6.07) is 1.99. The highest BCUT2D eigenvalue weighted by atomic mass is 16.1. The minimum Gasteiger partial charge on any atom is -0.341 e. The zero-order chi connectivity index (χ0) is 8.27. The van der Waals surface area contributed by atoms with Crippen LogP contribution in [0.1, 0.15) is 12.5 Å². The second kappa shape index (κ2) is 3.32. The molecule has 0 unspecified atom stereocenters. The molecule has 0 atom stereocenters. The maximum atomic E-state index is 10.4. The van der Waals surface area contributed by atoms with Crippen LogP contribution in [0.2, 0.25) is 0 Å². The number of carbonyl (C=O) groups excluding carboxylic acids is 1. The monoisotopic (exact) mass is 152 g/mol. The third-order valence-electron chi connectivity index (χ3n) is 1.73. The molecule has 0 aliphatic rings. The lowest BCUT2D eigenvalue weighted by molar-refractivity contribution is -0.118. The fourth-order valence-electron chi connectivity index (χ4n) is 0.906. The Morgan fingerprint density at radius 2 is 2.45 bits per heavy atom. The molecule has 0 fully saturated rings. The van der Waals surface area contributed by atoms with Crippen LogP contribution >= 0.6 is 0 Å². The largest absolute Gasteiger partial charge is 0.341 e. The first-order chi connectivity index (χ1) is 5.31. The van der Waals surface area contributed by atoms with E-state index in [-0.39, 0.29) is 0 Å². The Labute approximate surface area is 66.0 Å². The summed E-state index contributed by atoms with van der Waals surface area (Å²) in [5.74, 6) is 0. The summed E-state index contributed by atoms with van der Waals surface area (Å²) in [5.41, 5.74) is 1.18. The minimum atomic E-state index is 0.715. The second-order valence-corrected chi connectivity index (χ2v) is 2.45. The Bertz CT molecular complexity index is 258. The Morgan fingerprint density at radius 3 is 2.82 bits per heavy atom. The molecule has 1 amide bonds. The predicted octanol–water partition coefficient (Wildman–Crippen LogP) is 0.0710. The van der Waals surface area contributed by atoms with E-state index in [2.05, 4.69) is 4.99 Å². The molecule has 3 heteroatoms. The molecule has 0 aliphatic carbocycles. The van der Waals surface area contributed by atoms with Gasteiger partial charge in [-0.3, -0.25) is 9.79 Å². The van der Waals surface area contributed by atoms with E-state index in [9.17, 15) is 4.79 Å². The zero-order valence-corrected chi connectivity index (χ0v) is 6.87. The summed E-state index contributed by atoms with van der Waals surface area (Å²) >= 11 is 0. The lowest BCUT2D eigenvalue weighted by Crippen LogP contribution is -2.20. The van der Waals surface area contributed by atoms with Crippen molar-refractivity contribution in [2.75, 3.05) is 13.6 Å². The number of amides is 1. The van der Waals surface area contributed by atoms with Crippen molar-refractivity contribution in [3.05, 3.63) is 17.0 Å². The van der Waals surface area contributed by atoms with Crippen LogP contribution in [0.5, 0.6) is 0 Å². The lowest BCUT2D eigenvalue weighted by Gasteiger charge is -2.10. The standard InChI is InChI=1S/C8H12N2O/c1-3-10(6-11)5-7-4-8(7)9-2/h4,6H,3,5H2,1-2H3. The average molecular weight is 152 g/mol. The van der Waals surface area contributed by atoms with Crippen LogP contribution in [0, 0.1) is 0 Å². The van der Waals surface area contributed by atoms with Crippen molar-refractivity contribution in [1.82, 2.24) is 4.90 Å². The van der Waals surface area contributed by atoms with Crippen LogP contribution in [0.25, 0.3) is 0 Å². The highest BCUT2D eigenvalue weighted by molar-refractivity contribution is 5.47. The minimum absolute atomic E-state index is 0.715. The van der Waals surface area contributed by atoms with E-state index in [4.69, 9.17) is 0 Å². The SMILES string of the molecule is CCN(C=O)Cc1cc1=NC. The number of hydrogen-bond acceptors (Lipinski definition) is 2. The molecule has 0 aromatic heterocycles. The van der Waals surface area contributed by atoms with Gasteiger partial charge in [0.05, 0.1) is 5.36 Å². The molecular formula is C8H12N2O. The Morgan fingerprint density at radius 1 is 1.73 bits per heavy atom. The van der Waals surface area contributed by atoms with Gasteiger partial charge in [-0.15, -0.1) is 0 Å². The molecule has 0 saturated carbocycles. The molecule has 0 N–H and O–H groups in total. The topological polar surface area (TPSA) is 32.7 Å². The Kier molecular flexibility index (Phi) is 2.41. The molecule has 1 aromatic carbocycles. The normalized spacial score (nSPS) is 12.4. The smallest absolute Gasteiger partial charge is 0.209 e. The van der Waals surface area contributed by atoms with E-state index in [1.165, 1.54) is 5.56 Å². The predicted molar refractivity (Wildman–Crippen MR) is 42.4 cm³/mol. The van der Waals surface area contributed by atoms with Gasteiger partial charge in [-0.2, -0.15) is 0 Å². The maximum Gasteiger partial charge on any atom is 0.209 e. The van der Waals surface area contributed by atoms with Crippen LogP contribution in [0.15, 0.2) is 11.1 Å². The summed E-state index contributed by atoms with van der Waals surface area (Å²) in [6.07, 6.45) is 0.868. The lowest BCUT2D eigenvalue weighted by atomic mass is 10.4. The van der Waals surface area contributed by atoms with E-state index in [1.54, 1.807) is 11.9 Å². The van der Waals surface area contributed by atoms with Crippen molar-refractivity contribution >= 4 is 6.41 Å². The van der Waals surface area contributed by atoms with Crippen molar-refractivity contribution in [1.29, 1.82) is 0 Å². The summed E-state index contributed by atoms with van der Waals surface area (Å²) in [4.78, 5) is 16.1. The molecule has 0 spiro atoms. The van der Waals surface area contributed by atoms with E-state index in [0.29, 0.717) is 6.54 Å². The maximum absolute atomic E-state index is 10.4. The average Bonchev–Trinajstić information content (AvgIpc) is 2.78. The summed E-state index contributed by atoms with van der Waals surface area (Å²) in [5, 5.41) is 1.05. The summed E-state index contributed by atoms with van der Waals surface area (Å²) < 4.78 is 0. The van der Waals surface area contributed by atoms with Gasteiger partial charge >= 0.3 is 0 Å². The number of carbonyl (C=O) groups is 1. The molecular weight excluding hydrogens is 140 g/mol. The fourth-order valence-corrected chi connectivity index (χ4v) is 0.906. The van der Waals surface area contributed by atoms with Crippen molar-refractivity contribution < 1.29 is 4.79 Å². The van der Waals surface area contributed by atoms with Gasteiger partial charge in [0.2, 0.25) is 6.41 Å². The van der Waals surface area contributed by atoms with Crippen LogP contribution in [0.3, 0.4) is 0 Å². The molecule has 0 aliphatic heterocycles.